The number of aromatic nitrogens is 3. The van der Waals surface area contributed by atoms with Gasteiger partial charge in [0.25, 0.3) is 0 Å². The zero-order valence-electron chi connectivity index (χ0n) is 18.6. The van der Waals surface area contributed by atoms with Crippen LogP contribution in [0.4, 0.5) is 11.9 Å². The van der Waals surface area contributed by atoms with Crippen LogP contribution in [0.2, 0.25) is 0 Å². The summed E-state index contributed by atoms with van der Waals surface area (Å²) in [5.41, 5.74) is 9.06. The van der Waals surface area contributed by atoms with Gasteiger partial charge in [-0.25, -0.2) is 9.48 Å². The fourth-order valence-corrected chi connectivity index (χ4v) is 4.69. The summed E-state index contributed by atoms with van der Waals surface area (Å²) in [6, 6.07) is 11.5. The van der Waals surface area contributed by atoms with Gasteiger partial charge in [-0.05, 0) is 47.7 Å². The van der Waals surface area contributed by atoms with Gasteiger partial charge in [0.2, 0.25) is 11.9 Å². The van der Waals surface area contributed by atoms with E-state index in [0.29, 0.717) is 35.9 Å². The van der Waals surface area contributed by atoms with Crippen LogP contribution in [0.3, 0.4) is 0 Å². The number of nitrogens with one attached hydrogen (secondary N) is 1. The van der Waals surface area contributed by atoms with Crippen molar-refractivity contribution >= 4 is 23.6 Å². The fourth-order valence-electron chi connectivity index (χ4n) is 4.69. The molecule has 0 fully saturated rings. The van der Waals surface area contributed by atoms with Gasteiger partial charge in [0, 0.05) is 17.7 Å². The molecule has 2 atom stereocenters. The van der Waals surface area contributed by atoms with Gasteiger partial charge in [-0.3, -0.25) is 4.79 Å². The van der Waals surface area contributed by atoms with E-state index in [1.165, 1.54) is 12.1 Å². The Morgan fingerprint density at radius 2 is 1.79 bits per heavy atom. The number of benzene rings is 2. The molecule has 0 saturated carbocycles. The minimum Gasteiger partial charge on any atom is -0.493 e. The van der Waals surface area contributed by atoms with E-state index in [2.05, 4.69) is 15.4 Å². The molecule has 3 aromatic rings. The molecule has 0 amide bonds. The maximum absolute atomic E-state index is 13.5. The molecule has 1 aliphatic carbocycles. The number of carbonyl (C=O) groups excluding carboxylic acids is 1. The number of nitrogen functional groups attached to an aromatic ring is 1. The highest BCUT2D eigenvalue weighted by atomic mass is 16.5. The van der Waals surface area contributed by atoms with Crippen LogP contribution >= 0.6 is 0 Å². The number of nitrogens with two attached hydrogens (primary N) is 1. The lowest BCUT2D eigenvalue weighted by atomic mass is 9.78. The maximum atomic E-state index is 13.5. The highest BCUT2D eigenvalue weighted by molar-refractivity contribution is 6.00. The van der Waals surface area contributed by atoms with Gasteiger partial charge in [-0.2, -0.15) is 4.98 Å². The first-order valence-corrected chi connectivity index (χ1v) is 10.7. The smallest absolute Gasteiger partial charge is 0.335 e. The second kappa shape index (κ2) is 8.22. The van der Waals surface area contributed by atoms with Crippen molar-refractivity contribution in [2.45, 2.75) is 24.8 Å². The summed E-state index contributed by atoms with van der Waals surface area (Å²) in [6.45, 7) is 0. The largest absolute Gasteiger partial charge is 0.493 e. The number of anilines is 2. The van der Waals surface area contributed by atoms with Crippen molar-refractivity contribution < 1.29 is 24.2 Å². The number of Topliss-reactive ketones (excluding diaryl/α,β-unsaturated/α-hetero) is 1. The molecular weight excluding hydrogens is 438 g/mol. The zero-order valence-corrected chi connectivity index (χ0v) is 18.6. The predicted octanol–water partition coefficient (Wildman–Crippen LogP) is 2.99. The van der Waals surface area contributed by atoms with E-state index in [1.807, 2.05) is 18.2 Å². The van der Waals surface area contributed by atoms with Crippen LogP contribution in [0.25, 0.3) is 0 Å². The highest BCUT2D eigenvalue weighted by Gasteiger charge is 2.39. The molecule has 2 aliphatic rings. The van der Waals surface area contributed by atoms with Crippen LogP contribution in [0, 0.1) is 0 Å². The number of allylic oxidation sites excluding steroid dienone is 2. The van der Waals surface area contributed by atoms with Crippen LogP contribution in [0.1, 0.15) is 46.3 Å². The van der Waals surface area contributed by atoms with Crippen LogP contribution in [-0.2, 0) is 4.79 Å². The minimum atomic E-state index is -1.02. The van der Waals surface area contributed by atoms with E-state index in [0.717, 1.165) is 16.8 Å². The summed E-state index contributed by atoms with van der Waals surface area (Å²) < 4.78 is 12.4. The Morgan fingerprint density at radius 1 is 1.09 bits per heavy atom. The summed E-state index contributed by atoms with van der Waals surface area (Å²) in [7, 11) is 3.16. The Balaban J connectivity index is 1.56. The summed E-state index contributed by atoms with van der Waals surface area (Å²) >= 11 is 0. The number of aromatic carboxylic acids is 1. The first kappa shape index (κ1) is 21.5. The Labute approximate surface area is 195 Å². The number of fused-ring (bicyclic) bond motifs is 1. The number of methoxy groups -OCH3 is 2. The second-order valence-corrected chi connectivity index (χ2v) is 8.23. The maximum Gasteiger partial charge on any atom is 0.335 e. The molecule has 2 unspecified atom stereocenters. The lowest BCUT2D eigenvalue weighted by Gasteiger charge is -2.35. The number of carboxylic acid groups (broad SMARTS) is 1. The molecule has 1 aliphatic heterocycles. The van der Waals surface area contributed by atoms with E-state index in [-0.39, 0.29) is 23.2 Å². The summed E-state index contributed by atoms with van der Waals surface area (Å²) in [6.07, 6.45) is 0.881. The Bertz CT molecular complexity index is 1330. The van der Waals surface area contributed by atoms with E-state index in [9.17, 15) is 14.7 Å². The third-order valence-corrected chi connectivity index (χ3v) is 6.29. The Morgan fingerprint density at radius 3 is 2.47 bits per heavy atom. The van der Waals surface area contributed by atoms with Crippen molar-refractivity contribution in [3.63, 3.8) is 0 Å². The number of carboxylic acids is 1. The Hall–Kier alpha value is -4.34. The third-order valence-electron chi connectivity index (χ3n) is 6.29. The van der Waals surface area contributed by atoms with Crippen LogP contribution in [-0.4, -0.2) is 45.8 Å². The van der Waals surface area contributed by atoms with Crippen molar-refractivity contribution in [3.05, 3.63) is 70.4 Å². The molecular formula is C24H23N5O5. The zero-order chi connectivity index (χ0) is 24.0. The lowest BCUT2D eigenvalue weighted by molar-refractivity contribution is -0.116. The third kappa shape index (κ3) is 3.53. The number of nitrogens with zero attached hydrogens (tertiary/aromatic N) is 3. The van der Waals surface area contributed by atoms with Crippen molar-refractivity contribution in [3.8, 4) is 11.5 Å². The van der Waals surface area contributed by atoms with Crippen molar-refractivity contribution in [1.82, 2.24) is 14.8 Å². The second-order valence-electron chi connectivity index (χ2n) is 8.23. The van der Waals surface area contributed by atoms with Crippen LogP contribution < -0.4 is 20.5 Å². The summed E-state index contributed by atoms with van der Waals surface area (Å²) in [5.74, 6) is 0.628. The van der Waals surface area contributed by atoms with Crippen LogP contribution in [0.15, 0.2) is 53.7 Å². The van der Waals surface area contributed by atoms with Crippen molar-refractivity contribution in [1.29, 1.82) is 0 Å². The number of ether oxygens (including phenoxy) is 2. The lowest BCUT2D eigenvalue weighted by Crippen LogP contribution is -2.33. The van der Waals surface area contributed by atoms with Gasteiger partial charge < -0.3 is 25.6 Å². The topological polar surface area (TPSA) is 142 Å². The van der Waals surface area contributed by atoms with Crippen LogP contribution in [0.5, 0.6) is 11.5 Å². The number of hydrogen-bond acceptors (Lipinski definition) is 8. The minimum absolute atomic E-state index is 0.0273. The molecule has 10 heteroatoms. The number of rotatable bonds is 5. The monoisotopic (exact) mass is 461 g/mol. The first-order valence-electron chi connectivity index (χ1n) is 10.7. The van der Waals surface area contributed by atoms with Crippen molar-refractivity contribution in [2.75, 3.05) is 25.3 Å². The molecule has 34 heavy (non-hydrogen) atoms. The Kier molecular flexibility index (Phi) is 5.20. The molecule has 0 bridgehead atoms. The van der Waals surface area contributed by atoms with Gasteiger partial charge in [0.15, 0.2) is 17.3 Å². The number of ketones is 1. The molecule has 2 heterocycles. The molecule has 174 valence electrons. The van der Waals surface area contributed by atoms with Gasteiger partial charge >= 0.3 is 5.97 Å². The average Bonchev–Trinajstić information content (AvgIpc) is 3.21. The van der Waals surface area contributed by atoms with E-state index < -0.39 is 12.0 Å². The molecule has 2 aromatic carbocycles. The van der Waals surface area contributed by atoms with Gasteiger partial charge in [-0.1, -0.05) is 18.2 Å². The first-order chi connectivity index (χ1) is 16.4. The van der Waals surface area contributed by atoms with Gasteiger partial charge in [-0.15, -0.1) is 5.10 Å². The molecule has 10 nitrogen and oxygen atoms in total. The SMILES string of the molecule is COc1ccc(C2CC(=O)C3=C(C2)Nc2nc(N)nn2C3c2ccc(C(=O)O)cc2)cc1OC. The molecule has 0 spiro atoms. The van der Waals surface area contributed by atoms with E-state index >= 15 is 0 Å². The standard InChI is InChI=1S/C24H23N5O5/c1-33-18-8-7-14(11-19(18)34-2)15-9-16-20(17(30)10-15)21(29-24(26-16)27-23(25)28-29)12-3-5-13(6-4-12)22(31)32/h3-8,11,15,21H,9-10H2,1-2H3,(H,31,32)(H3,25,26,27,28). The molecule has 1 aromatic heterocycles. The number of carbonyl (C=O) groups is 2. The number of hydrogen-bond donors (Lipinski definition) is 3. The molecule has 0 saturated heterocycles. The summed E-state index contributed by atoms with van der Waals surface area (Å²) in [5, 5.41) is 16.8. The quantitative estimate of drug-likeness (QED) is 0.523. The van der Waals surface area contributed by atoms with Gasteiger partial charge in [0.1, 0.15) is 6.04 Å². The molecule has 0 radical (unpaired) electrons. The fraction of sp³-hybridized carbons (Fsp3) is 0.250. The van der Waals surface area contributed by atoms with E-state index in [1.54, 1.807) is 31.0 Å². The van der Waals surface area contributed by atoms with Gasteiger partial charge in [0.05, 0.1) is 19.8 Å². The van der Waals surface area contributed by atoms with E-state index in [4.69, 9.17) is 15.2 Å². The molecule has 5 rings (SSSR count). The highest BCUT2D eigenvalue weighted by Crippen LogP contribution is 2.45. The summed E-state index contributed by atoms with van der Waals surface area (Å²) in [4.78, 5) is 29.1. The van der Waals surface area contributed by atoms with Crippen molar-refractivity contribution in [2.24, 2.45) is 0 Å². The average molecular weight is 461 g/mol. The predicted molar refractivity (Wildman–Crippen MR) is 123 cm³/mol. The molecule has 4 N–H and O–H groups in total. The normalized spacial score (nSPS) is 19.2.